The number of sulfonamides is 1. The molecule has 136 valence electrons. The van der Waals surface area contributed by atoms with E-state index >= 15 is 0 Å². The van der Waals surface area contributed by atoms with Crippen LogP contribution in [0.5, 0.6) is 0 Å². The Morgan fingerprint density at radius 2 is 1.79 bits per heavy atom. The molecule has 8 heteroatoms. The number of hydrogen-bond donors (Lipinski definition) is 2. The number of carbonyl (C=O) groups excluding carboxylic acids is 1. The Balaban J connectivity index is 0.00000288. The first kappa shape index (κ1) is 20.9. The highest BCUT2D eigenvalue weighted by atomic mass is 35.5. The van der Waals surface area contributed by atoms with Gasteiger partial charge in [0.25, 0.3) is 0 Å². The summed E-state index contributed by atoms with van der Waals surface area (Å²) in [4.78, 5) is 11.7. The summed E-state index contributed by atoms with van der Waals surface area (Å²) in [6, 6.07) is 5.70. The van der Waals surface area contributed by atoms with Gasteiger partial charge in [0.15, 0.2) is 0 Å². The molecule has 3 N–H and O–H groups in total. The Morgan fingerprint density at radius 3 is 2.33 bits per heavy atom. The largest absolute Gasteiger partial charge is 0.462 e. The first-order valence-corrected chi connectivity index (χ1v) is 9.40. The maximum Gasteiger partial charge on any atom is 0.338 e. The van der Waals surface area contributed by atoms with Crippen LogP contribution in [-0.2, 0) is 14.8 Å². The lowest BCUT2D eigenvalue weighted by Crippen LogP contribution is -2.51. The van der Waals surface area contributed by atoms with Crippen molar-refractivity contribution >= 4 is 28.4 Å². The van der Waals surface area contributed by atoms with Gasteiger partial charge in [0, 0.05) is 12.1 Å². The molecule has 1 aliphatic rings. The second-order valence-electron chi connectivity index (χ2n) is 5.99. The summed E-state index contributed by atoms with van der Waals surface area (Å²) >= 11 is 0. The van der Waals surface area contributed by atoms with Crippen molar-refractivity contribution in [1.29, 1.82) is 0 Å². The molecule has 1 aliphatic carbocycles. The smallest absolute Gasteiger partial charge is 0.338 e. The lowest BCUT2D eigenvalue weighted by atomic mass is 9.83. The summed E-state index contributed by atoms with van der Waals surface area (Å²) in [6.45, 7) is 2.22. The van der Waals surface area contributed by atoms with Gasteiger partial charge in [-0.2, -0.15) is 0 Å². The van der Waals surface area contributed by atoms with Gasteiger partial charge in [-0.25, -0.2) is 17.9 Å². The number of ether oxygens (including phenoxy) is 1. The molecule has 0 amide bonds. The van der Waals surface area contributed by atoms with Crippen LogP contribution in [0.2, 0.25) is 0 Å². The summed E-state index contributed by atoms with van der Waals surface area (Å²) in [5.41, 5.74) is 6.12. The van der Waals surface area contributed by atoms with Crippen LogP contribution in [0.3, 0.4) is 0 Å². The van der Waals surface area contributed by atoms with E-state index in [0.29, 0.717) is 5.56 Å². The van der Waals surface area contributed by atoms with E-state index in [9.17, 15) is 13.2 Å². The molecule has 6 nitrogen and oxygen atoms in total. The minimum atomic E-state index is -3.63. The highest BCUT2D eigenvalue weighted by Gasteiger charge is 2.29. The van der Waals surface area contributed by atoms with Crippen molar-refractivity contribution in [2.75, 3.05) is 13.2 Å². The minimum Gasteiger partial charge on any atom is -0.462 e. The third kappa shape index (κ3) is 5.44. The van der Waals surface area contributed by atoms with Crippen LogP contribution in [0, 0.1) is 0 Å². The number of carbonyl (C=O) groups is 1. The van der Waals surface area contributed by atoms with Crippen molar-refractivity contribution in [1.82, 2.24) is 4.72 Å². The van der Waals surface area contributed by atoms with Gasteiger partial charge < -0.3 is 10.5 Å². The van der Waals surface area contributed by atoms with Gasteiger partial charge in [-0.15, -0.1) is 12.4 Å². The Bertz CT molecular complexity index is 641. The summed E-state index contributed by atoms with van der Waals surface area (Å²) in [5, 5.41) is 0. The average Bonchev–Trinajstić information content (AvgIpc) is 2.54. The summed E-state index contributed by atoms with van der Waals surface area (Å²) < 4.78 is 32.1. The molecule has 1 fully saturated rings. The fourth-order valence-corrected chi connectivity index (χ4v) is 3.88. The molecular formula is C16H25ClN2O4S. The van der Waals surface area contributed by atoms with Crippen LogP contribution < -0.4 is 10.5 Å². The number of nitrogens with one attached hydrogen (secondary N) is 1. The molecule has 0 unspecified atom stereocenters. The van der Waals surface area contributed by atoms with E-state index in [1.165, 1.54) is 24.3 Å². The van der Waals surface area contributed by atoms with Crippen LogP contribution in [0.15, 0.2) is 29.2 Å². The molecule has 0 aromatic heterocycles. The number of esters is 1. The number of nitrogens with two attached hydrogens (primary N) is 1. The van der Waals surface area contributed by atoms with E-state index in [4.69, 9.17) is 10.5 Å². The van der Waals surface area contributed by atoms with Crippen LogP contribution in [0.4, 0.5) is 0 Å². The fourth-order valence-electron chi connectivity index (χ4n) is 2.74. The van der Waals surface area contributed by atoms with Crippen molar-refractivity contribution in [3.8, 4) is 0 Å². The normalized spacial score (nSPS) is 16.9. The molecular weight excluding hydrogens is 352 g/mol. The lowest BCUT2D eigenvalue weighted by Gasteiger charge is -2.33. The van der Waals surface area contributed by atoms with Gasteiger partial charge >= 0.3 is 5.97 Å². The first-order valence-electron chi connectivity index (χ1n) is 7.92. The molecule has 24 heavy (non-hydrogen) atoms. The molecule has 1 aromatic carbocycles. The third-order valence-corrected chi connectivity index (χ3v) is 5.56. The zero-order valence-electron chi connectivity index (χ0n) is 13.8. The van der Waals surface area contributed by atoms with Gasteiger partial charge in [0.1, 0.15) is 0 Å². The van der Waals surface area contributed by atoms with E-state index in [1.807, 2.05) is 0 Å². The SMILES string of the molecule is CCOC(=O)c1ccc(S(=O)(=O)NCC2(N)CCCCC2)cc1.Cl. The molecule has 1 aromatic rings. The lowest BCUT2D eigenvalue weighted by molar-refractivity contribution is 0.0526. The number of rotatable bonds is 6. The van der Waals surface area contributed by atoms with Crippen LogP contribution in [0.1, 0.15) is 49.4 Å². The Kier molecular flexibility index (Phi) is 7.66. The molecule has 0 saturated heterocycles. The van der Waals surface area contributed by atoms with Crippen molar-refractivity contribution in [2.24, 2.45) is 5.73 Å². The second-order valence-corrected chi connectivity index (χ2v) is 7.76. The number of benzene rings is 1. The maximum absolute atomic E-state index is 12.3. The highest BCUT2D eigenvalue weighted by molar-refractivity contribution is 7.89. The van der Waals surface area contributed by atoms with Gasteiger partial charge in [-0.1, -0.05) is 19.3 Å². The quantitative estimate of drug-likeness (QED) is 0.742. The van der Waals surface area contributed by atoms with Crippen molar-refractivity contribution in [2.45, 2.75) is 49.5 Å². The summed E-state index contributed by atoms with van der Waals surface area (Å²) in [7, 11) is -3.63. The molecule has 1 saturated carbocycles. The number of halogens is 1. The predicted molar refractivity (Wildman–Crippen MR) is 94.8 cm³/mol. The van der Waals surface area contributed by atoms with E-state index in [1.54, 1.807) is 6.92 Å². The van der Waals surface area contributed by atoms with Gasteiger partial charge in [0.2, 0.25) is 10.0 Å². The van der Waals surface area contributed by atoms with Crippen molar-refractivity contribution in [3.63, 3.8) is 0 Å². The Labute approximate surface area is 149 Å². The second kappa shape index (κ2) is 8.80. The fraction of sp³-hybridized carbons (Fsp3) is 0.562. The van der Waals surface area contributed by atoms with E-state index in [2.05, 4.69) is 4.72 Å². The zero-order chi connectivity index (χ0) is 16.9. The standard InChI is InChI=1S/C16H24N2O4S.ClH/c1-2-22-15(19)13-6-8-14(9-7-13)23(20,21)18-12-16(17)10-4-3-5-11-16;/h6-9,18H,2-5,10-12,17H2,1H3;1H. The minimum absolute atomic E-state index is 0. The topological polar surface area (TPSA) is 98.5 Å². The molecule has 0 radical (unpaired) electrons. The van der Waals surface area contributed by atoms with Crippen LogP contribution >= 0.6 is 12.4 Å². The van der Waals surface area contributed by atoms with Gasteiger partial charge in [-0.3, -0.25) is 0 Å². The van der Waals surface area contributed by atoms with Gasteiger partial charge in [-0.05, 0) is 44.0 Å². The first-order chi connectivity index (χ1) is 10.9. The molecule has 0 bridgehead atoms. The molecule has 2 rings (SSSR count). The Morgan fingerprint density at radius 1 is 1.21 bits per heavy atom. The third-order valence-electron chi connectivity index (χ3n) is 4.14. The van der Waals surface area contributed by atoms with Crippen molar-refractivity contribution in [3.05, 3.63) is 29.8 Å². The monoisotopic (exact) mass is 376 g/mol. The van der Waals surface area contributed by atoms with E-state index in [-0.39, 0.29) is 30.5 Å². The van der Waals surface area contributed by atoms with E-state index < -0.39 is 21.5 Å². The van der Waals surface area contributed by atoms with E-state index in [0.717, 1.165) is 32.1 Å². The molecule has 0 spiro atoms. The highest BCUT2D eigenvalue weighted by Crippen LogP contribution is 2.25. The summed E-state index contributed by atoms with van der Waals surface area (Å²) in [5.74, 6) is -0.465. The van der Waals surface area contributed by atoms with Gasteiger partial charge in [0.05, 0.1) is 17.1 Å². The predicted octanol–water partition coefficient (Wildman–Crippen LogP) is 2.23. The summed E-state index contributed by atoms with van der Waals surface area (Å²) in [6.07, 6.45) is 4.88. The zero-order valence-corrected chi connectivity index (χ0v) is 15.4. The average molecular weight is 377 g/mol. The maximum atomic E-state index is 12.3. The van der Waals surface area contributed by atoms with Crippen LogP contribution in [0.25, 0.3) is 0 Å². The molecule has 0 aliphatic heterocycles. The van der Waals surface area contributed by atoms with Crippen LogP contribution in [-0.4, -0.2) is 33.1 Å². The molecule has 0 heterocycles. The molecule has 0 atom stereocenters. The van der Waals surface area contributed by atoms with Crippen molar-refractivity contribution < 1.29 is 17.9 Å². The Hall–Kier alpha value is -1.15. The number of hydrogen-bond acceptors (Lipinski definition) is 5.